The fourth-order valence-corrected chi connectivity index (χ4v) is 6.34. The lowest BCUT2D eigenvalue weighted by Crippen LogP contribution is -2.54. The quantitative estimate of drug-likeness (QED) is 0.246. The van der Waals surface area contributed by atoms with Gasteiger partial charge >= 0.3 is 12.1 Å². The molecule has 0 bridgehead atoms. The molecule has 3 aliphatic heterocycles. The maximum Gasteiger partial charge on any atom is 0.410 e. The molecule has 6 atom stereocenters. The molecule has 1 aromatic heterocycles. The predicted molar refractivity (Wildman–Crippen MR) is 175 cm³/mol. The molecular formula is C36H53N3O6. The first-order valence-electron chi connectivity index (χ1n) is 16.7. The van der Waals surface area contributed by atoms with Crippen molar-refractivity contribution in [2.45, 2.75) is 96.5 Å². The van der Waals surface area contributed by atoms with Crippen molar-refractivity contribution in [1.29, 1.82) is 0 Å². The minimum absolute atomic E-state index is 0.00126. The topological polar surface area (TPSA) is 101 Å². The van der Waals surface area contributed by atoms with E-state index >= 15 is 0 Å². The van der Waals surface area contributed by atoms with Gasteiger partial charge in [-0.15, -0.1) is 0 Å². The largest absolute Gasteiger partial charge is 0.457 e. The number of aromatic nitrogens is 1. The molecule has 45 heavy (non-hydrogen) atoms. The van der Waals surface area contributed by atoms with E-state index < -0.39 is 23.9 Å². The van der Waals surface area contributed by atoms with Crippen LogP contribution in [-0.2, 0) is 19.0 Å². The summed E-state index contributed by atoms with van der Waals surface area (Å²) in [5, 5.41) is 11.6. The molecule has 2 saturated heterocycles. The van der Waals surface area contributed by atoms with Crippen molar-refractivity contribution in [1.82, 2.24) is 14.8 Å². The van der Waals surface area contributed by atoms with Gasteiger partial charge in [-0.2, -0.15) is 0 Å². The second-order valence-corrected chi connectivity index (χ2v) is 13.4. The van der Waals surface area contributed by atoms with Crippen molar-refractivity contribution in [3.8, 4) is 0 Å². The summed E-state index contributed by atoms with van der Waals surface area (Å²) >= 11 is 0. The van der Waals surface area contributed by atoms with Gasteiger partial charge in [-0.3, -0.25) is 14.7 Å². The molecule has 2 fully saturated rings. The normalized spacial score (nSPS) is 31.5. The third kappa shape index (κ3) is 10.2. The van der Waals surface area contributed by atoms with Crippen molar-refractivity contribution in [2.75, 3.05) is 39.4 Å². The number of carbonyl (C=O) groups is 2. The molecule has 0 aromatic carbocycles. The number of esters is 1. The molecule has 0 unspecified atom stereocenters. The van der Waals surface area contributed by atoms with Gasteiger partial charge in [0.05, 0.1) is 0 Å². The van der Waals surface area contributed by atoms with Crippen LogP contribution in [0, 0.1) is 11.8 Å². The lowest BCUT2D eigenvalue weighted by Gasteiger charge is -2.41. The Morgan fingerprint density at radius 1 is 1.13 bits per heavy atom. The summed E-state index contributed by atoms with van der Waals surface area (Å²) in [4.78, 5) is 35.0. The van der Waals surface area contributed by atoms with Gasteiger partial charge in [-0.25, -0.2) is 4.79 Å². The van der Waals surface area contributed by atoms with Crippen LogP contribution in [0.15, 0.2) is 60.3 Å². The highest BCUT2D eigenvalue weighted by molar-refractivity contribution is 5.70. The van der Waals surface area contributed by atoms with Crippen LogP contribution >= 0.6 is 0 Å². The Bertz CT molecular complexity index is 1180. The highest BCUT2D eigenvalue weighted by atomic mass is 16.6. The van der Waals surface area contributed by atoms with Gasteiger partial charge < -0.3 is 24.2 Å². The second-order valence-electron chi connectivity index (χ2n) is 13.4. The van der Waals surface area contributed by atoms with E-state index in [1.54, 1.807) is 24.1 Å². The molecule has 1 aromatic rings. The van der Waals surface area contributed by atoms with Crippen LogP contribution in [0.2, 0.25) is 0 Å². The molecule has 4 heterocycles. The average molecular weight is 624 g/mol. The van der Waals surface area contributed by atoms with E-state index in [2.05, 4.69) is 22.9 Å². The first-order valence-corrected chi connectivity index (χ1v) is 16.7. The number of cyclic esters (lactones) is 1. The highest BCUT2D eigenvalue weighted by Gasteiger charge is 2.37. The van der Waals surface area contributed by atoms with Crippen LogP contribution in [0.4, 0.5) is 4.79 Å². The van der Waals surface area contributed by atoms with Crippen LogP contribution < -0.4 is 0 Å². The van der Waals surface area contributed by atoms with Crippen molar-refractivity contribution in [3.63, 3.8) is 0 Å². The Morgan fingerprint density at radius 2 is 1.87 bits per heavy atom. The third-order valence-electron chi connectivity index (χ3n) is 9.47. The first-order chi connectivity index (χ1) is 21.5. The van der Waals surface area contributed by atoms with Gasteiger partial charge in [-0.05, 0) is 69.2 Å². The van der Waals surface area contributed by atoms with Gasteiger partial charge in [-0.1, -0.05) is 51.1 Å². The SMILES string of the molecule is C/C(=C\C=C\[C@@H](C)c1ccccn1)[C@H]1OC(=O)C[C@H](C)CC[C@@](C)(O)[C@@H](OC(=O)N2CCN(C3CCOCC3)CC2)/C=C/[C@@H]1C. The van der Waals surface area contributed by atoms with Crippen LogP contribution in [0.5, 0.6) is 0 Å². The van der Waals surface area contributed by atoms with Crippen LogP contribution in [0.25, 0.3) is 0 Å². The lowest BCUT2D eigenvalue weighted by atomic mass is 9.87. The minimum atomic E-state index is -1.29. The Morgan fingerprint density at radius 3 is 2.56 bits per heavy atom. The van der Waals surface area contributed by atoms with E-state index in [0.29, 0.717) is 32.0 Å². The molecule has 4 rings (SSSR count). The first kappa shape index (κ1) is 34.9. The van der Waals surface area contributed by atoms with Crippen molar-refractivity contribution in [3.05, 3.63) is 66.0 Å². The molecule has 0 aliphatic carbocycles. The Balaban J connectivity index is 1.46. The van der Waals surface area contributed by atoms with Crippen LogP contribution in [0.3, 0.4) is 0 Å². The zero-order chi connectivity index (χ0) is 32.4. The molecule has 9 heteroatoms. The number of pyridine rings is 1. The van der Waals surface area contributed by atoms with E-state index in [4.69, 9.17) is 14.2 Å². The van der Waals surface area contributed by atoms with Gasteiger partial charge in [0.25, 0.3) is 0 Å². The highest BCUT2D eigenvalue weighted by Crippen LogP contribution is 2.29. The summed E-state index contributed by atoms with van der Waals surface area (Å²) in [6.45, 7) is 14.1. The number of ether oxygens (including phenoxy) is 3. The zero-order valence-corrected chi connectivity index (χ0v) is 27.8. The summed E-state index contributed by atoms with van der Waals surface area (Å²) in [6, 6.07) is 6.38. The number of nitrogens with zero attached hydrogens (tertiary/aromatic N) is 3. The molecule has 9 nitrogen and oxygen atoms in total. The minimum Gasteiger partial charge on any atom is -0.457 e. The van der Waals surface area contributed by atoms with E-state index in [1.165, 1.54) is 0 Å². The number of allylic oxidation sites excluding steroid dienone is 3. The number of piperazine rings is 1. The van der Waals surface area contributed by atoms with Crippen molar-refractivity contribution in [2.24, 2.45) is 11.8 Å². The number of aliphatic hydroxyl groups is 1. The maximum atomic E-state index is 13.4. The van der Waals surface area contributed by atoms with E-state index in [-0.39, 0.29) is 30.1 Å². The Labute approximate surface area is 269 Å². The van der Waals surface area contributed by atoms with Crippen molar-refractivity contribution >= 4 is 12.1 Å². The number of amides is 1. The summed E-state index contributed by atoms with van der Waals surface area (Å²) < 4.78 is 17.6. The Hall–Kier alpha value is -3.01. The fraction of sp³-hybridized carbons (Fsp3) is 0.639. The molecule has 0 spiro atoms. The van der Waals surface area contributed by atoms with E-state index in [1.807, 2.05) is 57.2 Å². The standard InChI is InChI=1S/C36H53N3O6/c1-26-14-17-36(5,42)32(44-35(41)39-21-19-38(20-22-39)30-15-23-43-24-16-30)13-12-29(4)34(45-33(40)25-26)28(3)10-8-9-27(2)31-11-6-7-18-37-31/h6-13,18,26-27,29-30,32,34,42H,14-17,19-25H2,1-5H3/b9-8+,13-12+,28-10+/t26-,27-,29+,32+,34-,36-/m1/s1. The van der Waals surface area contributed by atoms with Gasteiger partial charge in [0, 0.05) is 75.6 Å². The number of rotatable bonds is 6. The number of hydrogen-bond donors (Lipinski definition) is 1. The second kappa shape index (κ2) is 16.5. The average Bonchev–Trinajstić information content (AvgIpc) is 3.04. The molecular weight excluding hydrogens is 570 g/mol. The molecule has 0 radical (unpaired) electrons. The fourth-order valence-electron chi connectivity index (χ4n) is 6.34. The monoisotopic (exact) mass is 623 g/mol. The van der Waals surface area contributed by atoms with Crippen LogP contribution in [0.1, 0.15) is 78.3 Å². The van der Waals surface area contributed by atoms with Crippen molar-refractivity contribution < 1.29 is 28.9 Å². The van der Waals surface area contributed by atoms with Gasteiger partial charge in [0.15, 0.2) is 6.10 Å². The molecule has 3 aliphatic rings. The lowest BCUT2D eigenvalue weighted by molar-refractivity contribution is -0.150. The molecule has 1 N–H and O–H groups in total. The Kier molecular flexibility index (Phi) is 12.8. The molecule has 0 saturated carbocycles. The summed E-state index contributed by atoms with van der Waals surface area (Å²) in [6.07, 6.45) is 13.0. The van der Waals surface area contributed by atoms with E-state index in [0.717, 1.165) is 50.4 Å². The molecule has 1 amide bonds. The van der Waals surface area contributed by atoms with E-state index in [9.17, 15) is 14.7 Å². The van der Waals surface area contributed by atoms with Crippen LogP contribution in [-0.4, -0.2) is 95.2 Å². The predicted octanol–water partition coefficient (Wildman–Crippen LogP) is 5.66. The maximum absolute atomic E-state index is 13.4. The third-order valence-corrected chi connectivity index (χ3v) is 9.47. The molecule has 248 valence electrons. The van der Waals surface area contributed by atoms with Gasteiger partial charge in [0.2, 0.25) is 0 Å². The summed E-state index contributed by atoms with van der Waals surface area (Å²) in [5.41, 5.74) is 0.589. The van der Waals surface area contributed by atoms with Gasteiger partial charge in [0.1, 0.15) is 11.7 Å². The number of carbonyl (C=O) groups excluding carboxylic acids is 2. The smallest absolute Gasteiger partial charge is 0.410 e. The number of hydrogen-bond acceptors (Lipinski definition) is 8. The summed E-state index contributed by atoms with van der Waals surface area (Å²) in [5.74, 6) is -0.341. The summed E-state index contributed by atoms with van der Waals surface area (Å²) in [7, 11) is 0. The zero-order valence-electron chi connectivity index (χ0n) is 27.8.